The van der Waals surface area contributed by atoms with Gasteiger partial charge in [-0.2, -0.15) is 0 Å². The van der Waals surface area contributed by atoms with Crippen LogP contribution in [0.15, 0.2) is 35.7 Å². The fraction of sp³-hybridized carbons (Fsp3) is 0.429. The molecule has 1 saturated carbocycles. The van der Waals surface area contributed by atoms with Crippen LogP contribution in [0.4, 0.5) is 4.39 Å². The van der Waals surface area contributed by atoms with E-state index in [-0.39, 0.29) is 29.6 Å². The molecule has 1 fully saturated rings. The summed E-state index contributed by atoms with van der Waals surface area (Å²) < 4.78 is 36.1. The van der Waals surface area contributed by atoms with Crippen LogP contribution >= 0.6 is 0 Å². The lowest BCUT2D eigenvalue weighted by Gasteiger charge is -2.37. The van der Waals surface area contributed by atoms with Crippen molar-refractivity contribution in [1.82, 2.24) is 5.32 Å². The summed E-state index contributed by atoms with van der Waals surface area (Å²) in [5.74, 6) is 0.253. The third-order valence-electron chi connectivity index (χ3n) is 3.86. The molecule has 1 aliphatic carbocycles. The third-order valence-corrected chi connectivity index (χ3v) is 5.26. The highest BCUT2D eigenvalue weighted by molar-refractivity contribution is 7.94. The maximum Gasteiger partial charge on any atom is 0.173 e. The average Bonchev–Trinajstić information content (AvgIpc) is 2.64. The molecule has 0 radical (unpaired) electrons. The molecule has 1 heterocycles. The SMILES string of the molecule is O=S1(=O)C=CC(NC2CC(c3ccccc3F)C2)C1. The fourth-order valence-electron chi connectivity index (χ4n) is 2.80. The van der Waals surface area contributed by atoms with Gasteiger partial charge in [-0.05, 0) is 30.4 Å². The number of sulfone groups is 1. The molecule has 1 aliphatic heterocycles. The van der Waals surface area contributed by atoms with Crippen LogP contribution in [-0.2, 0) is 9.84 Å². The second kappa shape index (κ2) is 4.72. The first kappa shape index (κ1) is 12.8. The first-order chi connectivity index (χ1) is 9.03. The minimum atomic E-state index is -3.00. The molecule has 3 rings (SSSR count). The van der Waals surface area contributed by atoms with E-state index in [0.29, 0.717) is 0 Å². The van der Waals surface area contributed by atoms with E-state index in [4.69, 9.17) is 0 Å². The van der Waals surface area contributed by atoms with Crippen molar-refractivity contribution in [3.8, 4) is 0 Å². The Hall–Kier alpha value is -1.20. The minimum absolute atomic E-state index is 0.0865. The standard InChI is InChI=1S/C14H16FNO2S/c15-14-4-2-1-3-13(14)10-7-12(8-10)16-11-5-6-19(17,18)9-11/h1-6,10-12,16H,7-9H2. The van der Waals surface area contributed by atoms with Crippen molar-refractivity contribution >= 4 is 9.84 Å². The van der Waals surface area contributed by atoms with Gasteiger partial charge in [-0.3, -0.25) is 0 Å². The zero-order valence-corrected chi connectivity index (χ0v) is 11.2. The Balaban J connectivity index is 1.54. The van der Waals surface area contributed by atoms with Gasteiger partial charge < -0.3 is 5.32 Å². The molecule has 1 atom stereocenters. The molecule has 2 aliphatic rings. The van der Waals surface area contributed by atoms with Crippen molar-refractivity contribution in [2.24, 2.45) is 0 Å². The summed E-state index contributed by atoms with van der Waals surface area (Å²) in [4.78, 5) is 0. The van der Waals surface area contributed by atoms with Crippen LogP contribution in [0, 0.1) is 5.82 Å². The normalized spacial score (nSPS) is 32.2. The van der Waals surface area contributed by atoms with Crippen molar-refractivity contribution in [3.05, 3.63) is 47.1 Å². The molecule has 0 bridgehead atoms. The van der Waals surface area contributed by atoms with Crippen molar-refractivity contribution in [1.29, 1.82) is 0 Å². The summed E-state index contributed by atoms with van der Waals surface area (Å²) in [5, 5.41) is 4.58. The van der Waals surface area contributed by atoms with Crippen molar-refractivity contribution in [2.45, 2.75) is 30.8 Å². The van der Waals surface area contributed by atoms with E-state index in [9.17, 15) is 12.8 Å². The number of hydrogen-bond acceptors (Lipinski definition) is 3. The summed E-state index contributed by atoms with van der Waals surface area (Å²) in [5.41, 5.74) is 0.773. The first-order valence-electron chi connectivity index (χ1n) is 6.45. The Kier molecular flexibility index (Phi) is 3.19. The van der Waals surface area contributed by atoms with E-state index in [1.54, 1.807) is 12.1 Å². The van der Waals surface area contributed by atoms with E-state index >= 15 is 0 Å². The molecule has 1 aromatic carbocycles. The number of benzene rings is 1. The van der Waals surface area contributed by atoms with Gasteiger partial charge >= 0.3 is 0 Å². The highest BCUT2D eigenvalue weighted by atomic mass is 32.2. The number of halogens is 1. The van der Waals surface area contributed by atoms with Crippen LogP contribution in [-0.4, -0.2) is 26.3 Å². The third kappa shape index (κ3) is 2.72. The van der Waals surface area contributed by atoms with Gasteiger partial charge in [0.15, 0.2) is 9.84 Å². The lowest BCUT2D eigenvalue weighted by atomic mass is 9.75. The smallest absolute Gasteiger partial charge is 0.173 e. The number of nitrogens with one attached hydrogen (secondary N) is 1. The average molecular weight is 281 g/mol. The van der Waals surface area contributed by atoms with E-state index in [2.05, 4.69) is 5.32 Å². The molecule has 3 nitrogen and oxygen atoms in total. The van der Waals surface area contributed by atoms with Crippen molar-refractivity contribution in [2.75, 3.05) is 5.75 Å². The van der Waals surface area contributed by atoms with Crippen LogP contribution in [0.5, 0.6) is 0 Å². The van der Waals surface area contributed by atoms with E-state index in [1.165, 1.54) is 11.5 Å². The van der Waals surface area contributed by atoms with Gasteiger partial charge in [-0.15, -0.1) is 0 Å². The zero-order chi connectivity index (χ0) is 13.5. The molecular formula is C14H16FNO2S. The maximum atomic E-state index is 13.6. The van der Waals surface area contributed by atoms with E-state index < -0.39 is 9.84 Å². The predicted molar refractivity (Wildman–Crippen MR) is 72.0 cm³/mol. The molecule has 0 spiro atoms. The van der Waals surface area contributed by atoms with Crippen LogP contribution in [0.25, 0.3) is 0 Å². The molecule has 5 heteroatoms. The molecule has 1 aromatic rings. The predicted octanol–water partition coefficient (Wildman–Crippen LogP) is 1.97. The summed E-state index contributed by atoms with van der Waals surface area (Å²) in [7, 11) is -3.00. The topological polar surface area (TPSA) is 46.2 Å². The van der Waals surface area contributed by atoms with Gasteiger partial charge in [-0.1, -0.05) is 24.3 Å². The van der Waals surface area contributed by atoms with Crippen LogP contribution < -0.4 is 5.32 Å². The van der Waals surface area contributed by atoms with Crippen LogP contribution in [0.1, 0.15) is 24.3 Å². The van der Waals surface area contributed by atoms with Crippen LogP contribution in [0.3, 0.4) is 0 Å². The van der Waals surface area contributed by atoms with Gasteiger partial charge in [-0.25, -0.2) is 12.8 Å². The molecule has 0 saturated heterocycles. The Morgan fingerprint density at radius 3 is 2.58 bits per heavy atom. The Labute approximate surface area is 112 Å². The lowest BCUT2D eigenvalue weighted by molar-refractivity contribution is 0.278. The highest BCUT2D eigenvalue weighted by Crippen LogP contribution is 2.38. The number of rotatable bonds is 3. The summed E-state index contributed by atoms with van der Waals surface area (Å²) in [6, 6.07) is 7.06. The summed E-state index contributed by atoms with van der Waals surface area (Å²) in [6.07, 6.45) is 3.43. The molecule has 1 unspecified atom stereocenters. The largest absolute Gasteiger partial charge is 0.307 e. The van der Waals surface area contributed by atoms with Crippen molar-refractivity contribution in [3.63, 3.8) is 0 Å². The molecular weight excluding hydrogens is 265 g/mol. The van der Waals surface area contributed by atoms with Gasteiger partial charge in [0.25, 0.3) is 0 Å². The summed E-state index contributed by atoms with van der Waals surface area (Å²) >= 11 is 0. The molecule has 19 heavy (non-hydrogen) atoms. The van der Waals surface area contributed by atoms with Gasteiger partial charge in [0.1, 0.15) is 5.82 Å². The molecule has 102 valence electrons. The van der Waals surface area contributed by atoms with Gasteiger partial charge in [0, 0.05) is 17.5 Å². The Morgan fingerprint density at radius 1 is 1.21 bits per heavy atom. The molecule has 0 aromatic heterocycles. The quantitative estimate of drug-likeness (QED) is 0.921. The molecule has 1 N–H and O–H groups in total. The first-order valence-corrected chi connectivity index (χ1v) is 8.16. The number of hydrogen-bond donors (Lipinski definition) is 1. The fourth-order valence-corrected chi connectivity index (χ4v) is 4.04. The zero-order valence-electron chi connectivity index (χ0n) is 10.4. The van der Waals surface area contributed by atoms with Gasteiger partial charge in [0.2, 0.25) is 0 Å². The van der Waals surface area contributed by atoms with E-state index in [0.717, 1.165) is 18.4 Å². The Bertz CT molecular complexity index is 606. The Morgan fingerprint density at radius 2 is 1.95 bits per heavy atom. The second-order valence-electron chi connectivity index (χ2n) is 5.32. The minimum Gasteiger partial charge on any atom is -0.307 e. The maximum absolute atomic E-state index is 13.6. The highest BCUT2D eigenvalue weighted by Gasteiger charge is 2.34. The van der Waals surface area contributed by atoms with Gasteiger partial charge in [0.05, 0.1) is 5.75 Å². The lowest BCUT2D eigenvalue weighted by Crippen LogP contribution is -2.46. The monoisotopic (exact) mass is 281 g/mol. The second-order valence-corrected chi connectivity index (χ2v) is 7.25. The molecule has 0 amide bonds. The summed E-state index contributed by atoms with van der Waals surface area (Å²) in [6.45, 7) is 0. The van der Waals surface area contributed by atoms with Crippen molar-refractivity contribution < 1.29 is 12.8 Å². The van der Waals surface area contributed by atoms with E-state index in [1.807, 2.05) is 12.1 Å². The van der Waals surface area contributed by atoms with Crippen LogP contribution in [0.2, 0.25) is 0 Å².